The Morgan fingerprint density at radius 3 is 3.04 bits per heavy atom. The molecule has 130 valence electrons. The summed E-state index contributed by atoms with van der Waals surface area (Å²) in [7, 11) is 0. The lowest BCUT2D eigenvalue weighted by Gasteiger charge is -2.16. The molecule has 2 aromatic heterocycles. The topological polar surface area (TPSA) is 69.0 Å². The predicted molar refractivity (Wildman–Crippen MR) is 94.2 cm³/mol. The van der Waals surface area contributed by atoms with Crippen molar-refractivity contribution in [2.24, 2.45) is 5.92 Å². The largest absolute Gasteiger partial charge is 0.373 e. The van der Waals surface area contributed by atoms with Crippen molar-refractivity contribution in [1.29, 1.82) is 0 Å². The molecule has 0 unspecified atom stereocenters. The third kappa shape index (κ3) is 3.67. The molecule has 0 aliphatic carbocycles. The summed E-state index contributed by atoms with van der Waals surface area (Å²) in [6.45, 7) is 6.88. The lowest BCUT2D eigenvalue weighted by atomic mass is 9.96. The van der Waals surface area contributed by atoms with E-state index in [0.717, 1.165) is 24.8 Å². The van der Waals surface area contributed by atoms with Crippen LogP contribution in [0.1, 0.15) is 56.2 Å². The van der Waals surface area contributed by atoms with E-state index in [0.29, 0.717) is 17.8 Å². The maximum atomic E-state index is 12.7. The van der Waals surface area contributed by atoms with E-state index in [4.69, 9.17) is 4.74 Å². The van der Waals surface area contributed by atoms with E-state index in [-0.39, 0.29) is 17.9 Å². The number of anilines is 1. The summed E-state index contributed by atoms with van der Waals surface area (Å²) in [4.78, 5) is 18.2. The number of amides is 1. The Morgan fingerprint density at radius 2 is 2.33 bits per heavy atom. The minimum absolute atomic E-state index is 0.0211. The number of aryl methyl sites for hydroxylation is 1. The summed E-state index contributed by atoms with van der Waals surface area (Å²) < 4.78 is 7.71. The molecule has 1 amide bonds. The average molecular weight is 348 g/mol. The number of nitrogens with one attached hydrogen (secondary N) is 1. The number of aromatic nitrogens is 3. The number of ether oxygens (including phenoxy) is 1. The van der Waals surface area contributed by atoms with Crippen LogP contribution < -0.4 is 5.32 Å². The zero-order valence-electron chi connectivity index (χ0n) is 14.4. The fourth-order valence-electron chi connectivity index (χ4n) is 2.89. The van der Waals surface area contributed by atoms with Crippen LogP contribution in [0.15, 0.2) is 18.6 Å². The van der Waals surface area contributed by atoms with Gasteiger partial charge in [0.15, 0.2) is 5.13 Å². The average Bonchev–Trinajstić information content (AvgIpc) is 3.27. The molecule has 6 nitrogen and oxygen atoms in total. The second-order valence-corrected chi connectivity index (χ2v) is 7.52. The number of rotatable bonds is 6. The SMILES string of the molecule is CCCc1cnc(NC(=O)[C@@H]2CCO[C@H]2c2cnn(C(C)C)c2)s1. The van der Waals surface area contributed by atoms with Crippen molar-refractivity contribution in [2.45, 2.75) is 52.2 Å². The Kier molecular flexibility index (Phi) is 5.30. The van der Waals surface area contributed by atoms with E-state index in [1.807, 2.05) is 17.1 Å². The molecule has 1 aliphatic heterocycles. The van der Waals surface area contributed by atoms with Crippen LogP contribution in [-0.2, 0) is 16.0 Å². The quantitative estimate of drug-likeness (QED) is 0.866. The number of hydrogen-bond acceptors (Lipinski definition) is 5. The van der Waals surface area contributed by atoms with Gasteiger partial charge < -0.3 is 10.1 Å². The molecule has 3 rings (SSSR count). The van der Waals surface area contributed by atoms with Gasteiger partial charge in [-0.05, 0) is 26.7 Å². The van der Waals surface area contributed by atoms with Crippen molar-refractivity contribution >= 4 is 22.4 Å². The number of hydrogen-bond donors (Lipinski definition) is 1. The van der Waals surface area contributed by atoms with Crippen LogP contribution in [0.5, 0.6) is 0 Å². The maximum Gasteiger partial charge on any atom is 0.232 e. The number of thiazole rings is 1. The molecule has 3 heterocycles. The highest BCUT2D eigenvalue weighted by Crippen LogP contribution is 2.35. The molecule has 7 heteroatoms. The number of carbonyl (C=O) groups is 1. The van der Waals surface area contributed by atoms with Gasteiger partial charge in [-0.2, -0.15) is 5.10 Å². The van der Waals surface area contributed by atoms with Crippen molar-refractivity contribution in [3.05, 3.63) is 29.0 Å². The van der Waals surface area contributed by atoms with Crippen molar-refractivity contribution in [3.63, 3.8) is 0 Å². The zero-order valence-corrected chi connectivity index (χ0v) is 15.2. The van der Waals surface area contributed by atoms with E-state index in [1.165, 1.54) is 4.88 Å². The van der Waals surface area contributed by atoms with Gasteiger partial charge in [0.25, 0.3) is 0 Å². The molecular formula is C17H24N4O2S. The lowest BCUT2D eigenvalue weighted by Crippen LogP contribution is -2.25. The van der Waals surface area contributed by atoms with E-state index in [2.05, 4.69) is 36.2 Å². The molecule has 1 aliphatic rings. The molecule has 1 fully saturated rings. The maximum absolute atomic E-state index is 12.7. The Bertz CT molecular complexity index is 694. The third-order valence-electron chi connectivity index (χ3n) is 4.19. The van der Waals surface area contributed by atoms with E-state index >= 15 is 0 Å². The first kappa shape index (κ1) is 17.1. The molecule has 0 aromatic carbocycles. The molecule has 1 saturated heterocycles. The van der Waals surface area contributed by atoms with E-state index in [1.54, 1.807) is 17.5 Å². The fraction of sp³-hybridized carbons (Fsp3) is 0.588. The number of nitrogens with zero attached hydrogens (tertiary/aromatic N) is 3. The molecule has 0 radical (unpaired) electrons. The summed E-state index contributed by atoms with van der Waals surface area (Å²) in [5, 5.41) is 7.98. The molecule has 2 aromatic rings. The highest BCUT2D eigenvalue weighted by atomic mass is 32.1. The van der Waals surface area contributed by atoms with Gasteiger partial charge in [0.1, 0.15) is 0 Å². The summed E-state index contributed by atoms with van der Waals surface area (Å²) in [5.41, 5.74) is 0.965. The molecule has 0 saturated carbocycles. The summed E-state index contributed by atoms with van der Waals surface area (Å²) in [6.07, 6.45) is 8.19. The van der Waals surface area contributed by atoms with Gasteiger partial charge in [0.2, 0.25) is 5.91 Å². The lowest BCUT2D eigenvalue weighted by molar-refractivity contribution is -0.121. The molecule has 2 atom stereocenters. The molecule has 0 spiro atoms. The Hall–Kier alpha value is -1.73. The van der Waals surface area contributed by atoms with Gasteiger partial charge in [-0.15, -0.1) is 11.3 Å². The van der Waals surface area contributed by atoms with E-state index < -0.39 is 0 Å². The molecule has 0 bridgehead atoms. The highest BCUT2D eigenvalue weighted by Gasteiger charge is 2.36. The van der Waals surface area contributed by atoms with Gasteiger partial charge in [-0.1, -0.05) is 13.3 Å². The highest BCUT2D eigenvalue weighted by molar-refractivity contribution is 7.15. The smallest absolute Gasteiger partial charge is 0.232 e. The van der Waals surface area contributed by atoms with Crippen LogP contribution in [0.25, 0.3) is 0 Å². The summed E-state index contributed by atoms with van der Waals surface area (Å²) >= 11 is 1.55. The minimum atomic E-state index is -0.229. The van der Waals surface area contributed by atoms with Crippen molar-refractivity contribution < 1.29 is 9.53 Å². The Balaban J connectivity index is 1.68. The predicted octanol–water partition coefficient (Wildman–Crippen LogP) is 3.59. The first-order chi connectivity index (χ1) is 11.6. The van der Waals surface area contributed by atoms with Crippen LogP contribution in [0, 0.1) is 5.92 Å². The van der Waals surface area contributed by atoms with Crippen LogP contribution in [0.2, 0.25) is 0 Å². The zero-order chi connectivity index (χ0) is 17.1. The monoisotopic (exact) mass is 348 g/mol. The molecular weight excluding hydrogens is 324 g/mol. The van der Waals surface area contributed by atoms with E-state index in [9.17, 15) is 4.79 Å². The van der Waals surface area contributed by atoms with Gasteiger partial charge >= 0.3 is 0 Å². The van der Waals surface area contributed by atoms with Gasteiger partial charge in [0, 0.05) is 35.5 Å². The van der Waals surface area contributed by atoms with Crippen molar-refractivity contribution in [1.82, 2.24) is 14.8 Å². The fourth-order valence-corrected chi connectivity index (χ4v) is 3.81. The van der Waals surface area contributed by atoms with Crippen molar-refractivity contribution in [3.8, 4) is 0 Å². The van der Waals surface area contributed by atoms with Crippen LogP contribution >= 0.6 is 11.3 Å². The molecule has 24 heavy (non-hydrogen) atoms. The standard InChI is InChI=1S/C17H24N4O2S/c1-4-5-13-9-18-17(24-13)20-16(22)14-6-7-23-15(14)12-8-19-21(10-12)11(2)3/h8-11,14-15H,4-7H2,1-3H3,(H,18,20,22)/t14-,15+/m1/s1. The van der Waals surface area contributed by atoms with Crippen LogP contribution in [0.3, 0.4) is 0 Å². The second kappa shape index (κ2) is 7.44. The minimum Gasteiger partial charge on any atom is -0.373 e. The summed E-state index contributed by atoms with van der Waals surface area (Å²) in [5.74, 6) is -0.222. The Labute approximate surface area is 146 Å². The second-order valence-electron chi connectivity index (χ2n) is 6.40. The summed E-state index contributed by atoms with van der Waals surface area (Å²) in [6, 6.07) is 0.291. The first-order valence-electron chi connectivity index (χ1n) is 8.49. The van der Waals surface area contributed by atoms with Gasteiger partial charge in [-0.3, -0.25) is 9.48 Å². The van der Waals surface area contributed by atoms with Gasteiger partial charge in [0.05, 0.1) is 18.2 Å². The Morgan fingerprint density at radius 1 is 1.50 bits per heavy atom. The van der Waals surface area contributed by atoms with Crippen LogP contribution in [-0.4, -0.2) is 27.3 Å². The van der Waals surface area contributed by atoms with Crippen LogP contribution in [0.4, 0.5) is 5.13 Å². The molecule has 1 N–H and O–H groups in total. The number of carbonyl (C=O) groups excluding carboxylic acids is 1. The first-order valence-corrected chi connectivity index (χ1v) is 9.31. The third-order valence-corrected chi connectivity index (χ3v) is 5.16. The van der Waals surface area contributed by atoms with Gasteiger partial charge in [-0.25, -0.2) is 4.98 Å². The van der Waals surface area contributed by atoms with Crippen molar-refractivity contribution in [2.75, 3.05) is 11.9 Å². The normalized spacial score (nSPS) is 20.7.